The molecule has 2 aromatic heterocycles. The van der Waals surface area contributed by atoms with Crippen molar-refractivity contribution in [2.45, 2.75) is 48.6 Å². The second kappa shape index (κ2) is 5.31. The van der Waals surface area contributed by atoms with E-state index in [-0.39, 0.29) is 0 Å². The molecule has 110 valence electrons. The zero-order chi connectivity index (χ0) is 14.2. The van der Waals surface area contributed by atoms with Crippen LogP contribution in [0.15, 0.2) is 23.5 Å². The molecule has 0 bridgehead atoms. The number of nitrogen functional groups attached to an aromatic ring is 1. The molecule has 2 aliphatic rings. The highest BCUT2D eigenvalue weighted by Gasteiger charge is 2.36. The topological polar surface area (TPSA) is 81.7 Å². The van der Waals surface area contributed by atoms with E-state index in [1.807, 2.05) is 12.1 Å². The summed E-state index contributed by atoms with van der Waals surface area (Å²) >= 11 is 1.71. The molecule has 4 rings (SSSR count). The van der Waals surface area contributed by atoms with Crippen LogP contribution in [0.25, 0.3) is 0 Å². The summed E-state index contributed by atoms with van der Waals surface area (Å²) in [5.41, 5.74) is 4.52. The largest absolute Gasteiger partial charge is 0.324 e. The summed E-state index contributed by atoms with van der Waals surface area (Å²) in [5, 5.41) is 9.86. The summed E-state index contributed by atoms with van der Waals surface area (Å²) < 4.78 is 2.37. The van der Waals surface area contributed by atoms with Gasteiger partial charge in [0.25, 0.3) is 0 Å². The van der Waals surface area contributed by atoms with Crippen LogP contribution in [0.3, 0.4) is 0 Å². The van der Waals surface area contributed by atoms with Crippen molar-refractivity contribution < 1.29 is 0 Å². The van der Waals surface area contributed by atoms with Gasteiger partial charge >= 0.3 is 0 Å². The van der Waals surface area contributed by atoms with E-state index in [1.165, 1.54) is 31.5 Å². The zero-order valence-electron chi connectivity index (χ0n) is 11.7. The summed E-state index contributed by atoms with van der Waals surface area (Å²) in [7, 11) is 0. The molecule has 0 aromatic carbocycles. The zero-order valence-corrected chi connectivity index (χ0v) is 12.5. The summed E-state index contributed by atoms with van der Waals surface area (Å²) in [4.78, 5) is 4.37. The number of anilines is 1. The van der Waals surface area contributed by atoms with E-state index in [0.717, 1.165) is 22.3 Å². The molecule has 0 aliphatic heterocycles. The maximum atomic E-state index is 5.43. The third-order valence-electron chi connectivity index (χ3n) is 3.88. The fourth-order valence-electron chi connectivity index (χ4n) is 2.47. The highest BCUT2D eigenvalue weighted by molar-refractivity contribution is 7.98. The van der Waals surface area contributed by atoms with Crippen molar-refractivity contribution in [1.29, 1.82) is 0 Å². The quantitative estimate of drug-likeness (QED) is 0.484. The number of pyridine rings is 1. The highest BCUT2D eigenvalue weighted by Crippen LogP contribution is 2.46. The standard InChI is InChI=1S/C14H18N6S/c15-17-10-5-6-16-11(7-10)8-21-14-19-18-13(9-1-2-9)20(14)12-3-4-12/h5-7,9,12H,1-4,8,15H2,(H,16,17). The van der Waals surface area contributed by atoms with E-state index in [9.17, 15) is 0 Å². The van der Waals surface area contributed by atoms with Crippen molar-refractivity contribution in [2.24, 2.45) is 5.84 Å². The van der Waals surface area contributed by atoms with Gasteiger partial charge in [-0.2, -0.15) is 0 Å². The van der Waals surface area contributed by atoms with Crippen LogP contribution < -0.4 is 11.3 Å². The lowest BCUT2D eigenvalue weighted by molar-refractivity contribution is 0.627. The first-order valence-corrected chi connectivity index (χ1v) is 8.33. The van der Waals surface area contributed by atoms with Gasteiger partial charge in [0.2, 0.25) is 0 Å². The van der Waals surface area contributed by atoms with Gasteiger partial charge in [0, 0.05) is 23.9 Å². The summed E-state index contributed by atoms with van der Waals surface area (Å²) in [6, 6.07) is 4.45. The Labute approximate surface area is 127 Å². The lowest BCUT2D eigenvalue weighted by Gasteiger charge is -2.08. The Hall–Kier alpha value is -1.60. The molecule has 0 amide bonds. The molecular formula is C14H18N6S. The van der Waals surface area contributed by atoms with Gasteiger partial charge < -0.3 is 9.99 Å². The molecule has 3 N–H and O–H groups in total. The van der Waals surface area contributed by atoms with Crippen LogP contribution in [0.4, 0.5) is 5.69 Å². The Morgan fingerprint density at radius 1 is 1.29 bits per heavy atom. The van der Waals surface area contributed by atoms with Gasteiger partial charge in [-0.3, -0.25) is 10.8 Å². The molecule has 2 saturated carbocycles. The minimum Gasteiger partial charge on any atom is -0.324 e. The van der Waals surface area contributed by atoms with E-state index in [1.54, 1.807) is 18.0 Å². The summed E-state index contributed by atoms with van der Waals surface area (Å²) in [6.45, 7) is 0. The van der Waals surface area contributed by atoms with Crippen LogP contribution in [0, 0.1) is 0 Å². The Bertz CT molecular complexity index is 647. The van der Waals surface area contributed by atoms with Gasteiger partial charge in [-0.25, -0.2) is 0 Å². The molecule has 2 fully saturated rings. The summed E-state index contributed by atoms with van der Waals surface area (Å²) in [6.07, 6.45) is 6.82. The molecule has 0 atom stereocenters. The maximum absolute atomic E-state index is 5.43. The van der Waals surface area contributed by atoms with Gasteiger partial charge in [-0.1, -0.05) is 11.8 Å². The van der Waals surface area contributed by atoms with E-state index in [0.29, 0.717) is 12.0 Å². The number of nitrogens with zero attached hydrogens (tertiary/aromatic N) is 4. The molecule has 7 heteroatoms. The fourth-order valence-corrected chi connectivity index (χ4v) is 3.38. The molecule has 6 nitrogen and oxygen atoms in total. The van der Waals surface area contributed by atoms with Crippen LogP contribution in [0.1, 0.15) is 49.2 Å². The monoisotopic (exact) mass is 302 g/mol. The molecule has 2 heterocycles. The van der Waals surface area contributed by atoms with E-state index in [2.05, 4.69) is 25.2 Å². The average molecular weight is 302 g/mol. The number of thioether (sulfide) groups is 1. The van der Waals surface area contributed by atoms with Crippen LogP contribution in [-0.4, -0.2) is 19.7 Å². The Kier molecular flexibility index (Phi) is 3.31. The lowest BCUT2D eigenvalue weighted by Crippen LogP contribution is -2.07. The predicted molar refractivity (Wildman–Crippen MR) is 81.9 cm³/mol. The number of rotatable bonds is 6. The third-order valence-corrected chi connectivity index (χ3v) is 4.85. The Balaban J connectivity index is 1.51. The fraction of sp³-hybridized carbons (Fsp3) is 0.500. The van der Waals surface area contributed by atoms with E-state index >= 15 is 0 Å². The molecule has 0 spiro atoms. The van der Waals surface area contributed by atoms with Crippen LogP contribution in [0.2, 0.25) is 0 Å². The molecule has 2 aliphatic carbocycles. The van der Waals surface area contributed by atoms with Crippen LogP contribution in [-0.2, 0) is 5.75 Å². The smallest absolute Gasteiger partial charge is 0.191 e. The highest BCUT2D eigenvalue weighted by atomic mass is 32.2. The minimum absolute atomic E-state index is 0.628. The molecule has 0 radical (unpaired) electrons. The van der Waals surface area contributed by atoms with Crippen molar-refractivity contribution in [1.82, 2.24) is 19.7 Å². The van der Waals surface area contributed by atoms with Gasteiger partial charge in [0.15, 0.2) is 5.16 Å². The van der Waals surface area contributed by atoms with E-state index in [4.69, 9.17) is 5.84 Å². The summed E-state index contributed by atoms with van der Waals surface area (Å²) in [5.74, 6) is 8.06. The number of nitrogens with one attached hydrogen (secondary N) is 1. The first-order chi connectivity index (χ1) is 10.3. The maximum Gasteiger partial charge on any atom is 0.191 e. The molecular weight excluding hydrogens is 284 g/mol. The Morgan fingerprint density at radius 2 is 2.14 bits per heavy atom. The average Bonchev–Trinajstić information content (AvgIpc) is 3.44. The number of aromatic nitrogens is 4. The van der Waals surface area contributed by atoms with Gasteiger partial charge in [0.1, 0.15) is 5.82 Å². The number of hydrogen-bond donors (Lipinski definition) is 2. The van der Waals surface area contributed by atoms with E-state index < -0.39 is 0 Å². The van der Waals surface area contributed by atoms with Crippen LogP contribution in [0.5, 0.6) is 0 Å². The van der Waals surface area contributed by atoms with Crippen LogP contribution >= 0.6 is 11.8 Å². The van der Waals surface area contributed by atoms with Gasteiger partial charge in [-0.05, 0) is 37.8 Å². The normalized spacial score (nSPS) is 18.0. The predicted octanol–water partition coefficient (Wildman–Crippen LogP) is 2.46. The van der Waals surface area contributed by atoms with Crippen molar-refractivity contribution in [3.63, 3.8) is 0 Å². The lowest BCUT2D eigenvalue weighted by atomic mass is 10.3. The number of hydrazine groups is 1. The minimum atomic E-state index is 0.628. The molecule has 0 unspecified atom stereocenters. The van der Waals surface area contributed by atoms with Crippen molar-refractivity contribution >= 4 is 17.4 Å². The molecule has 21 heavy (non-hydrogen) atoms. The second-order valence-corrected chi connectivity index (χ2v) is 6.63. The third kappa shape index (κ3) is 2.75. The Morgan fingerprint density at radius 3 is 2.86 bits per heavy atom. The number of hydrogen-bond acceptors (Lipinski definition) is 6. The van der Waals surface area contributed by atoms with Gasteiger partial charge in [-0.15, -0.1) is 10.2 Å². The first-order valence-electron chi connectivity index (χ1n) is 7.34. The molecule has 2 aromatic rings. The number of nitrogens with two attached hydrogens (primary N) is 1. The first kappa shape index (κ1) is 13.1. The second-order valence-electron chi connectivity index (χ2n) is 5.69. The van der Waals surface area contributed by atoms with Crippen molar-refractivity contribution in [3.05, 3.63) is 29.8 Å². The SMILES string of the molecule is NNc1ccnc(CSc2nnc(C3CC3)n2C2CC2)c1. The van der Waals surface area contributed by atoms with Crippen molar-refractivity contribution in [2.75, 3.05) is 5.43 Å². The van der Waals surface area contributed by atoms with Gasteiger partial charge in [0.05, 0.1) is 11.4 Å². The molecule has 0 saturated heterocycles. The van der Waals surface area contributed by atoms with Crippen molar-refractivity contribution in [3.8, 4) is 0 Å².